The molecule has 8 heteroatoms. The van der Waals surface area contributed by atoms with Crippen molar-refractivity contribution in [1.29, 1.82) is 0 Å². The fourth-order valence-electron chi connectivity index (χ4n) is 3.48. The van der Waals surface area contributed by atoms with Gasteiger partial charge in [0, 0.05) is 6.42 Å². The van der Waals surface area contributed by atoms with Crippen molar-refractivity contribution >= 4 is 17.8 Å². The van der Waals surface area contributed by atoms with Gasteiger partial charge in [-0.3, -0.25) is 9.59 Å². The summed E-state index contributed by atoms with van der Waals surface area (Å²) in [5.41, 5.74) is 0.680. The van der Waals surface area contributed by atoms with E-state index in [9.17, 15) is 14.4 Å². The molecule has 2 heterocycles. The highest BCUT2D eigenvalue weighted by atomic mass is 16.6. The summed E-state index contributed by atoms with van der Waals surface area (Å²) >= 11 is 0. The largest absolute Gasteiger partial charge is 0.493 e. The SMILES string of the molecule is COC(=O)[C@@H]1Cc2ccc(OC)c(c2)Oc2ccc(cc2)C[C@H](C(=O)OC(C)(C)C)C(=O)N1. The Balaban J connectivity index is 2.04. The van der Waals surface area contributed by atoms with Crippen LogP contribution in [0.25, 0.3) is 0 Å². The van der Waals surface area contributed by atoms with E-state index in [1.54, 1.807) is 63.2 Å². The van der Waals surface area contributed by atoms with Crippen molar-refractivity contribution in [3.63, 3.8) is 0 Å². The van der Waals surface area contributed by atoms with Crippen LogP contribution in [0.15, 0.2) is 42.5 Å². The molecule has 176 valence electrons. The quantitative estimate of drug-likeness (QED) is 0.560. The minimum absolute atomic E-state index is 0.101. The summed E-state index contributed by atoms with van der Waals surface area (Å²) in [6, 6.07) is 11.3. The van der Waals surface area contributed by atoms with Crippen molar-refractivity contribution in [2.45, 2.75) is 45.3 Å². The van der Waals surface area contributed by atoms with Crippen molar-refractivity contribution in [3.8, 4) is 17.2 Å². The van der Waals surface area contributed by atoms with Gasteiger partial charge in [0.25, 0.3) is 0 Å². The molecule has 2 atom stereocenters. The van der Waals surface area contributed by atoms with Gasteiger partial charge in [0.15, 0.2) is 11.5 Å². The maximum absolute atomic E-state index is 13.2. The number of amides is 1. The van der Waals surface area contributed by atoms with Gasteiger partial charge in [0.2, 0.25) is 5.91 Å². The monoisotopic (exact) mass is 455 g/mol. The van der Waals surface area contributed by atoms with Crippen LogP contribution in [0.1, 0.15) is 31.9 Å². The number of fused-ring (bicyclic) bond motifs is 7. The van der Waals surface area contributed by atoms with Gasteiger partial charge in [0.1, 0.15) is 23.3 Å². The number of benzene rings is 2. The van der Waals surface area contributed by atoms with Gasteiger partial charge >= 0.3 is 11.9 Å². The highest BCUT2D eigenvalue weighted by molar-refractivity contribution is 5.99. The summed E-state index contributed by atoms with van der Waals surface area (Å²) in [6.07, 6.45) is 0.237. The third kappa shape index (κ3) is 6.25. The first-order chi connectivity index (χ1) is 15.6. The van der Waals surface area contributed by atoms with Gasteiger partial charge in [-0.25, -0.2) is 4.79 Å². The van der Waals surface area contributed by atoms with Crippen LogP contribution in [0.3, 0.4) is 0 Å². The number of carbonyl (C=O) groups is 3. The summed E-state index contributed by atoms with van der Waals surface area (Å²) in [5.74, 6) is -1.47. The van der Waals surface area contributed by atoms with Crippen LogP contribution >= 0.6 is 0 Å². The van der Waals surface area contributed by atoms with E-state index >= 15 is 0 Å². The molecule has 2 aliphatic heterocycles. The molecule has 2 aromatic rings. The summed E-state index contributed by atoms with van der Waals surface area (Å²) in [7, 11) is 2.78. The molecular formula is C25H29NO7. The Labute approximate surface area is 193 Å². The molecule has 0 unspecified atom stereocenters. The number of rotatable bonds is 3. The van der Waals surface area contributed by atoms with Crippen molar-refractivity contribution < 1.29 is 33.3 Å². The molecule has 1 amide bonds. The Morgan fingerprint density at radius 3 is 2.24 bits per heavy atom. The van der Waals surface area contributed by atoms with Crippen LogP contribution in [0.2, 0.25) is 0 Å². The highest BCUT2D eigenvalue weighted by Gasteiger charge is 2.34. The number of hydrogen-bond donors (Lipinski definition) is 1. The minimum atomic E-state index is -1.14. The lowest BCUT2D eigenvalue weighted by molar-refractivity contribution is -0.163. The number of carbonyl (C=O) groups excluding carboxylic acids is 3. The van der Waals surface area contributed by atoms with Crippen molar-refractivity contribution in [3.05, 3.63) is 53.6 Å². The zero-order chi connectivity index (χ0) is 24.2. The zero-order valence-corrected chi connectivity index (χ0v) is 19.5. The predicted octanol–water partition coefficient (Wildman–Crippen LogP) is 3.20. The molecule has 0 saturated heterocycles. The molecule has 0 fully saturated rings. The van der Waals surface area contributed by atoms with Crippen molar-refractivity contribution in [2.75, 3.05) is 14.2 Å². The number of hydrogen-bond acceptors (Lipinski definition) is 7. The standard InChI is InChI=1S/C25H29NO7/c1-25(2,3)33-23(28)18-12-15-6-9-17(10-7-15)32-21-14-16(8-11-20(21)30-4)13-19(24(29)31-5)26-22(18)27/h6-11,14,18-19H,12-13H2,1-5H3,(H,26,27)/t18-,19-/m0/s1. The molecule has 0 spiro atoms. The molecule has 2 aliphatic rings. The lowest BCUT2D eigenvalue weighted by atomic mass is 9.96. The second-order valence-electron chi connectivity index (χ2n) is 8.81. The molecule has 0 aliphatic carbocycles. The Hall–Kier alpha value is -3.55. The van der Waals surface area contributed by atoms with E-state index in [2.05, 4.69) is 5.32 Å². The Bertz CT molecular complexity index is 1020. The summed E-state index contributed by atoms with van der Waals surface area (Å²) < 4.78 is 21.8. The zero-order valence-electron chi connectivity index (χ0n) is 19.5. The molecule has 2 aromatic carbocycles. The average molecular weight is 456 g/mol. The average Bonchev–Trinajstić information content (AvgIpc) is 2.76. The molecule has 0 aromatic heterocycles. The topological polar surface area (TPSA) is 100 Å². The van der Waals surface area contributed by atoms with Gasteiger partial charge < -0.3 is 24.3 Å². The van der Waals surface area contributed by atoms with E-state index in [0.717, 1.165) is 5.56 Å². The second-order valence-corrected chi connectivity index (χ2v) is 8.81. The van der Waals surface area contributed by atoms with Gasteiger partial charge in [0.05, 0.1) is 14.2 Å². The molecule has 0 radical (unpaired) electrons. The summed E-state index contributed by atoms with van der Waals surface area (Å²) in [5, 5.41) is 2.68. The number of nitrogens with one attached hydrogen (secondary N) is 1. The molecule has 33 heavy (non-hydrogen) atoms. The van der Waals surface area contributed by atoms with Crippen LogP contribution in [-0.4, -0.2) is 43.7 Å². The van der Waals surface area contributed by atoms with Gasteiger partial charge in [-0.15, -0.1) is 0 Å². The lowest BCUT2D eigenvalue weighted by Crippen LogP contribution is -2.48. The lowest BCUT2D eigenvalue weighted by Gasteiger charge is -2.25. The Kier molecular flexibility index (Phi) is 7.26. The molecule has 4 rings (SSSR count). The third-order valence-electron chi connectivity index (χ3n) is 5.07. The fraction of sp³-hybridized carbons (Fsp3) is 0.400. The summed E-state index contributed by atoms with van der Waals surface area (Å²) in [4.78, 5) is 38.6. The minimum Gasteiger partial charge on any atom is -0.493 e. The smallest absolute Gasteiger partial charge is 0.328 e. The van der Waals surface area contributed by atoms with E-state index in [1.807, 2.05) is 0 Å². The fourth-order valence-corrected chi connectivity index (χ4v) is 3.48. The third-order valence-corrected chi connectivity index (χ3v) is 5.07. The maximum Gasteiger partial charge on any atom is 0.328 e. The van der Waals surface area contributed by atoms with Crippen molar-refractivity contribution in [2.24, 2.45) is 5.92 Å². The van der Waals surface area contributed by atoms with Gasteiger partial charge in [-0.1, -0.05) is 18.2 Å². The first kappa shape index (κ1) is 24.1. The summed E-state index contributed by atoms with van der Waals surface area (Å²) in [6.45, 7) is 5.20. The Morgan fingerprint density at radius 1 is 0.970 bits per heavy atom. The molecular weight excluding hydrogens is 426 g/mol. The first-order valence-electron chi connectivity index (χ1n) is 10.6. The number of ether oxygens (including phenoxy) is 4. The molecule has 0 saturated carbocycles. The van der Waals surface area contributed by atoms with Gasteiger partial charge in [-0.05, 0) is 62.6 Å². The van der Waals surface area contributed by atoms with E-state index in [-0.39, 0.29) is 12.8 Å². The van der Waals surface area contributed by atoms with Crippen LogP contribution in [0.4, 0.5) is 0 Å². The van der Waals surface area contributed by atoms with Crippen LogP contribution in [0, 0.1) is 5.92 Å². The van der Waals surface area contributed by atoms with Gasteiger partial charge in [-0.2, -0.15) is 0 Å². The molecule has 8 nitrogen and oxygen atoms in total. The normalized spacial score (nSPS) is 18.4. The van der Waals surface area contributed by atoms with E-state index in [4.69, 9.17) is 18.9 Å². The molecule has 4 bridgehead atoms. The van der Waals surface area contributed by atoms with E-state index in [1.165, 1.54) is 14.2 Å². The maximum atomic E-state index is 13.2. The van der Waals surface area contributed by atoms with E-state index < -0.39 is 35.4 Å². The van der Waals surface area contributed by atoms with Crippen LogP contribution < -0.4 is 14.8 Å². The second kappa shape index (κ2) is 9.94. The molecule has 1 N–H and O–H groups in total. The van der Waals surface area contributed by atoms with Crippen molar-refractivity contribution in [1.82, 2.24) is 5.32 Å². The van der Waals surface area contributed by atoms with E-state index in [0.29, 0.717) is 22.8 Å². The van der Waals surface area contributed by atoms with Crippen LogP contribution in [-0.2, 0) is 36.7 Å². The number of esters is 2. The number of methoxy groups -OCH3 is 2. The van der Waals surface area contributed by atoms with Crippen LogP contribution in [0.5, 0.6) is 17.2 Å². The predicted molar refractivity (Wildman–Crippen MR) is 120 cm³/mol. The Morgan fingerprint density at radius 2 is 1.64 bits per heavy atom. The highest BCUT2D eigenvalue weighted by Crippen LogP contribution is 2.33. The first-order valence-corrected chi connectivity index (χ1v) is 10.6.